The summed E-state index contributed by atoms with van der Waals surface area (Å²) in [4.78, 5) is 4.06. The van der Waals surface area contributed by atoms with E-state index in [9.17, 15) is 4.39 Å². The summed E-state index contributed by atoms with van der Waals surface area (Å²) in [6.07, 6.45) is 3.62. The van der Waals surface area contributed by atoms with Gasteiger partial charge in [-0.2, -0.15) is 0 Å². The number of benzene rings is 1. The van der Waals surface area contributed by atoms with Crippen LogP contribution in [0.15, 0.2) is 36.8 Å². The molecule has 17 heavy (non-hydrogen) atoms. The van der Waals surface area contributed by atoms with Gasteiger partial charge < -0.3 is 9.88 Å². The van der Waals surface area contributed by atoms with Gasteiger partial charge in [0, 0.05) is 25.8 Å². The Labute approximate surface area is 100 Å². The highest BCUT2D eigenvalue weighted by Crippen LogP contribution is 2.13. The molecule has 0 saturated heterocycles. The monoisotopic (exact) mass is 233 g/mol. The number of rotatable bonds is 4. The summed E-state index contributed by atoms with van der Waals surface area (Å²) >= 11 is 0. The van der Waals surface area contributed by atoms with Crippen LogP contribution in [0.5, 0.6) is 0 Å². The summed E-state index contributed by atoms with van der Waals surface area (Å²) in [5.41, 5.74) is 2.20. The molecule has 1 N–H and O–H groups in total. The van der Waals surface area contributed by atoms with Gasteiger partial charge in [0.05, 0.1) is 12.0 Å². The Balaban J connectivity index is 1.95. The van der Waals surface area contributed by atoms with Crippen LogP contribution >= 0.6 is 0 Å². The van der Waals surface area contributed by atoms with Crippen molar-refractivity contribution in [3.05, 3.63) is 53.9 Å². The lowest BCUT2D eigenvalue weighted by Crippen LogP contribution is -2.19. The predicted molar refractivity (Wildman–Crippen MR) is 64.9 cm³/mol. The second-order valence-electron chi connectivity index (χ2n) is 4.15. The Kier molecular flexibility index (Phi) is 3.54. The van der Waals surface area contributed by atoms with Crippen molar-refractivity contribution in [2.24, 2.45) is 7.05 Å². The summed E-state index contributed by atoms with van der Waals surface area (Å²) in [5.74, 6) is -0.201. The molecule has 3 nitrogen and oxygen atoms in total. The van der Waals surface area contributed by atoms with Crippen molar-refractivity contribution < 1.29 is 4.39 Å². The average Bonchev–Trinajstić information content (AvgIpc) is 2.73. The fraction of sp³-hybridized carbons (Fsp3) is 0.308. The molecule has 2 aromatic rings. The van der Waals surface area contributed by atoms with Crippen LogP contribution in [0.1, 0.15) is 24.2 Å². The van der Waals surface area contributed by atoms with Gasteiger partial charge in [0.15, 0.2) is 0 Å². The molecular weight excluding hydrogens is 217 g/mol. The maximum absolute atomic E-state index is 12.8. The predicted octanol–water partition coefficient (Wildman–Crippen LogP) is 2.41. The summed E-state index contributed by atoms with van der Waals surface area (Å²) in [5, 5.41) is 3.38. The molecule has 0 radical (unpaired) electrons. The smallest absolute Gasteiger partial charge is 0.123 e. The molecule has 0 fully saturated rings. The van der Waals surface area contributed by atoms with Crippen molar-refractivity contribution in [3.8, 4) is 0 Å². The molecule has 1 atom stereocenters. The number of halogens is 1. The van der Waals surface area contributed by atoms with Crippen LogP contribution in [-0.2, 0) is 13.6 Å². The Hall–Kier alpha value is -1.68. The van der Waals surface area contributed by atoms with Crippen LogP contribution in [0.4, 0.5) is 4.39 Å². The molecule has 0 bridgehead atoms. The van der Waals surface area contributed by atoms with E-state index in [1.165, 1.54) is 12.1 Å². The highest BCUT2D eigenvalue weighted by Gasteiger charge is 2.06. The summed E-state index contributed by atoms with van der Waals surface area (Å²) < 4.78 is 14.8. The lowest BCUT2D eigenvalue weighted by atomic mass is 10.1. The third-order valence-corrected chi connectivity index (χ3v) is 2.88. The van der Waals surface area contributed by atoms with E-state index in [4.69, 9.17) is 0 Å². The molecular formula is C13H16FN3. The number of hydrogen-bond donors (Lipinski definition) is 1. The van der Waals surface area contributed by atoms with E-state index in [2.05, 4.69) is 17.2 Å². The van der Waals surface area contributed by atoms with Gasteiger partial charge in [0.1, 0.15) is 5.82 Å². The third kappa shape index (κ3) is 2.91. The summed E-state index contributed by atoms with van der Waals surface area (Å²) in [6.45, 7) is 2.80. The number of aromatic nitrogens is 2. The zero-order chi connectivity index (χ0) is 12.3. The first kappa shape index (κ1) is 11.8. The number of imidazole rings is 1. The van der Waals surface area contributed by atoms with E-state index >= 15 is 0 Å². The van der Waals surface area contributed by atoms with Crippen LogP contribution in [0.25, 0.3) is 0 Å². The first-order chi connectivity index (χ1) is 8.16. The van der Waals surface area contributed by atoms with Gasteiger partial charge in [-0.15, -0.1) is 0 Å². The Morgan fingerprint density at radius 1 is 1.35 bits per heavy atom. The number of nitrogens with one attached hydrogen (secondary N) is 1. The highest BCUT2D eigenvalue weighted by molar-refractivity contribution is 5.19. The molecule has 1 aromatic carbocycles. The standard InChI is InChI=1S/C13H16FN3/c1-10(11-3-5-12(14)6-4-11)16-8-13-7-15-9-17(13)2/h3-7,9-10,16H,8H2,1-2H3. The lowest BCUT2D eigenvalue weighted by Gasteiger charge is -2.14. The molecule has 0 saturated carbocycles. The van der Waals surface area contributed by atoms with Gasteiger partial charge in [-0.05, 0) is 24.6 Å². The third-order valence-electron chi connectivity index (χ3n) is 2.88. The van der Waals surface area contributed by atoms with Crippen LogP contribution < -0.4 is 5.32 Å². The Morgan fingerprint density at radius 2 is 2.06 bits per heavy atom. The van der Waals surface area contributed by atoms with E-state index in [0.717, 1.165) is 17.8 Å². The topological polar surface area (TPSA) is 29.9 Å². The molecule has 0 amide bonds. The molecule has 4 heteroatoms. The van der Waals surface area contributed by atoms with E-state index in [1.807, 2.05) is 17.8 Å². The van der Waals surface area contributed by atoms with Crippen LogP contribution in [-0.4, -0.2) is 9.55 Å². The van der Waals surface area contributed by atoms with Gasteiger partial charge in [-0.3, -0.25) is 0 Å². The maximum Gasteiger partial charge on any atom is 0.123 e. The fourth-order valence-electron chi connectivity index (χ4n) is 1.68. The van der Waals surface area contributed by atoms with Gasteiger partial charge in [-0.1, -0.05) is 12.1 Å². The van der Waals surface area contributed by atoms with Gasteiger partial charge >= 0.3 is 0 Å². The highest BCUT2D eigenvalue weighted by atomic mass is 19.1. The number of aryl methyl sites for hydroxylation is 1. The SMILES string of the molecule is CC(NCc1cncn1C)c1ccc(F)cc1. The minimum atomic E-state index is -0.201. The minimum Gasteiger partial charge on any atom is -0.337 e. The second-order valence-corrected chi connectivity index (χ2v) is 4.15. The van der Waals surface area contributed by atoms with Crippen molar-refractivity contribution >= 4 is 0 Å². The largest absolute Gasteiger partial charge is 0.337 e. The van der Waals surface area contributed by atoms with Crippen LogP contribution in [0.2, 0.25) is 0 Å². The van der Waals surface area contributed by atoms with E-state index in [1.54, 1.807) is 18.5 Å². The molecule has 2 rings (SSSR count). The first-order valence-electron chi connectivity index (χ1n) is 5.61. The van der Waals surface area contributed by atoms with E-state index in [-0.39, 0.29) is 11.9 Å². The molecule has 0 aliphatic carbocycles. The zero-order valence-corrected chi connectivity index (χ0v) is 10.0. The summed E-state index contributed by atoms with van der Waals surface area (Å²) in [7, 11) is 1.96. The second kappa shape index (κ2) is 5.10. The molecule has 1 heterocycles. The molecule has 1 aromatic heterocycles. The molecule has 0 aliphatic rings. The number of hydrogen-bond acceptors (Lipinski definition) is 2. The molecule has 0 aliphatic heterocycles. The fourth-order valence-corrected chi connectivity index (χ4v) is 1.68. The van der Waals surface area contributed by atoms with Crippen molar-refractivity contribution in [1.82, 2.24) is 14.9 Å². The Morgan fingerprint density at radius 3 is 2.65 bits per heavy atom. The normalized spacial score (nSPS) is 12.6. The van der Waals surface area contributed by atoms with Crippen LogP contribution in [0, 0.1) is 5.82 Å². The molecule has 1 unspecified atom stereocenters. The minimum absolute atomic E-state index is 0.186. The first-order valence-corrected chi connectivity index (χ1v) is 5.61. The lowest BCUT2D eigenvalue weighted by molar-refractivity contribution is 0.555. The van der Waals surface area contributed by atoms with Gasteiger partial charge in [0.2, 0.25) is 0 Å². The van der Waals surface area contributed by atoms with Gasteiger partial charge in [0.25, 0.3) is 0 Å². The van der Waals surface area contributed by atoms with Crippen molar-refractivity contribution in [3.63, 3.8) is 0 Å². The molecule has 0 spiro atoms. The van der Waals surface area contributed by atoms with Crippen molar-refractivity contribution in [1.29, 1.82) is 0 Å². The zero-order valence-electron chi connectivity index (χ0n) is 10.0. The number of nitrogens with zero attached hydrogens (tertiary/aromatic N) is 2. The summed E-state index contributed by atoms with van der Waals surface area (Å²) in [6, 6.07) is 6.76. The van der Waals surface area contributed by atoms with E-state index in [0.29, 0.717) is 0 Å². The van der Waals surface area contributed by atoms with Crippen molar-refractivity contribution in [2.45, 2.75) is 19.5 Å². The van der Waals surface area contributed by atoms with Crippen LogP contribution in [0.3, 0.4) is 0 Å². The quantitative estimate of drug-likeness (QED) is 0.878. The molecule has 90 valence electrons. The Bertz CT molecular complexity index is 476. The van der Waals surface area contributed by atoms with E-state index < -0.39 is 0 Å². The maximum atomic E-state index is 12.8. The van der Waals surface area contributed by atoms with Crippen molar-refractivity contribution in [2.75, 3.05) is 0 Å². The average molecular weight is 233 g/mol. The van der Waals surface area contributed by atoms with Gasteiger partial charge in [-0.25, -0.2) is 9.37 Å².